The van der Waals surface area contributed by atoms with Gasteiger partial charge in [-0.25, -0.2) is 4.99 Å². The van der Waals surface area contributed by atoms with Gasteiger partial charge in [0.25, 0.3) is 0 Å². The van der Waals surface area contributed by atoms with Gasteiger partial charge in [-0.2, -0.15) is 0 Å². The molecule has 2 aliphatic rings. The van der Waals surface area contributed by atoms with Gasteiger partial charge in [-0.15, -0.1) is 0 Å². The van der Waals surface area contributed by atoms with Gasteiger partial charge in [-0.1, -0.05) is 115 Å². The molecule has 4 heteroatoms. The van der Waals surface area contributed by atoms with E-state index < -0.39 is 0 Å². The highest BCUT2D eigenvalue weighted by Crippen LogP contribution is 2.51. The molecule has 8 rings (SSSR count). The third kappa shape index (κ3) is 3.74. The van der Waals surface area contributed by atoms with Gasteiger partial charge < -0.3 is 9.88 Å². The standard InChI is InChI=1S/C37H28BrN3/c1-37(2)30-19-25(38)17-18-26(30)28-21-35-29(20-31(28)37)27-15-9-10-16-34(27)41(35)36-39-32(23-11-5-3-6-12-23)22-33(40-36)24-13-7-4-8-14-24/h3-22,36,39H,1-2H3. The van der Waals surface area contributed by atoms with Crippen LogP contribution in [-0.2, 0) is 5.41 Å². The highest BCUT2D eigenvalue weighted by molar-refractivity contribution is 9.10. The number of hydrogen-bond donors (Lipinski definition) is 1. The van der Waals surface area contributed by atoms with E-state index in [1.807, 2.05) is 0 Å². The lowest BCUT2D eigenvalue weighted by Crippen LogP contribution is -2.29. The lowest BCUT2D eigenvalue weighted by Gasteiger charge is -2.27. The van der Waals surface area contributed by atoms with Crippen LogP contribution in [0.3, 0.4) is 0 Å². The summed E-state index contributed by atoms with van der Waals surface area (Å²) in [6, 6.07) is 41.2. The summed E-state index contributed by atoms with van der Waals surface area (Å²) in [6.45, 7) is 4.68. The summed E-state index contributed by atoms with van der Waals surface area (Å²) in [5.41, 5.74) is 11.9. The van der Waals surface area contributed by atoms with Crippen LogP contribution in [0, 0.1) is 0 Å². The van der Waals surface area contributed by atoms with Crippen LogP contribution in [0.25, 0.3) is 38.6 Å². The Morgan fingerprint density at radius 1 is 0.683 bits per heavy atom. The summed E-state index contributed by atoms with van der Waals surface area (Å²) >= 11 is 3.71. The number of para-hydroxylation sites is 1. The molecule has 0 amide bonds. The minimum absolute atomic E-state index is 0.0865. The van der Waals surface area contributed by atoms with Crippen molar-refractivity contribution in [2.45, 2.75) is 25.6 Å². The Bertz CT molecular complexity index is 2050. The summed E-state index contributed by atoms with van der Waals surface area (Å²) in [6.07, 6.45) is 1.85. The van der Waals surface area contributed by atoms with E-state index in [2.05, 4.69) is 161 Å². The maximum atomic E-state index is 5.33. The van der Waals surface area contributed by atoms with Gasteiger partial charge in [0.2, 0.25) is 6.29 Å². The minimum atomic E-state index is -0.315. The predicted molar refractivity (Wildman–Crippen MR) is 174 cm³/mol. The molecule has 198 valence electrons. The van der Waals surface area contributed by atoms with Gasteiger partial charge >= 0.3 is 0 Å². The second-order valence-corrected chi connectivity index (χ2v) is 12.4. The van der Waals surface area contributed by atoms with Gasteiger partial charge in [-0.05, 0) is 69.8 Å². The van der Waals surface area contributed by atoms with Crippen molar-refractivity contribution in [2.75, 3.05) is 0 Å². The molecule has 3 nitrogen and oxygen atoms in total. The summed E-state index contributed by atoms with van der Waals surface area (Å²) in [7, 11) is 0. The van der Waals surface area contributed by atoms with Crippen molar-refractivity contribution >= 4 is 49.1 Å². The zero-order valence-corrected chi connectivity index (χ0v) is 24.5. The number of aliphatic imine (C=N–C) groups is 1. The van der Waals surface area contributed by atoms with E-state index in [4.69, 9.17) is 4.99 Å². The average molecular weight is 595 g/mol. The number of rotatable bonds is 3. The topological polar surface area (TPSA) is 29.3 Å². The first-order valence-electron chi connectivity index (χ1n) is 14.0. The molecule has 0 bridgehead atoms. The number of halogens is 1. The molecule has 1 unspecified atom stereocenters. The molecule has 1 atom stereocenters. The van der Waals surface area contributed by atoms with E-state index in [1.54, 1.807) is 0 Å². The summed E-state index contributed by atoms with van der Waals surface area (Å²) < 4.78 is 3.50. The molecule has 41 heavy (non-hydrogen) atoms. The molecule has 0 radical (unpaired) electrons. The second kappa shape index (κ2) is 9.05. The Hall–Kier alpha value is -4.41. The molecular weight excluding hydrogens is 566 g/mol. The van der Waals surface area contributed by atoms with E-state index in [0.29, 0.717) is 0 Å². The second-order valence-electron chi connectivity index (χ2n) is 11.4. The van der Waals surface area contributed by atoms with Crippen LogP contribution < -0.4 is 5.32 Å². The van der Waals surface area contributed by atoms with E-state index in [1.165, 1.54) is 44.1 Å². The van der Waals surface area contributed by atoms with E-state index >= 15 is 0 Å². The summed E-state index contributed by atoms with van der Waals surface area (Å²) in [5.74, 6) is 0. The Morgan fingerprint density at radius 3 is 2.15 bits per heavy atom. The first-order chi connectivity index (χ1) is 20.0. The molecular formula is C37H28BrN3. The molecule has 2 heterocycles. The SMILES string of the molecule is CC1(C)c2cc(Br)ccc2-c2cc3c(cc21)c1ccccc1n3C1N=C(c2ccccc2)C=C(c2ccccc2)N1. The lowest BCUT2D eigenvalue weighted by molar-refractivity contribution is 0.508. The van der Waals surface area contributed by atoms with Gasteiger partial charge in [-0.3, -0.25) is 0 Å². The fourth-order valence-electron chi connectivity index (χ4n) is 6.65. The van der Waals surface area contributed by atoms with Crippen LogP contribution in [0.1, 0.15) is 42.4 Å². The normalized spacial score (nSPS) is 17.1. The first-order valence-corrected chi connectivity index (χ1v) is 14.8. The molecule has 1 aromatic heterocycles. The quantitative estimate of drug-likeness (QED) is 0.217. The molecule has 1 N–H and O–H groups in total. The van der Waals surface area contributed by atoms with Crippen LogP contribution in [0.2, 0.25) is 0 Å². The third-order valence-corrected chi connectivity index (χ3v) is 9.19. The molecule has 0 fully saturated rings. The fourth-order valence-corrected chi connectivity index (χ4v) is 7.01. The Morgan fingerprint density at radius 2 is 1.37 bits per heavy atom. The van der Waals surface area contributed by atoms with Gasteiger partial charge in [0.05, 0.1) is 16.7 Å². The van der Waals surface area contributed by atoms with E-state index in [0.717, 1.165) is 27.0 Å². The molecule has 0 spiro atoms. The monoisotopic (exact) mass is 593 g/mol. The zero-order chi connectivity index (χ0) is 27.7. The molecule has 1 aliphatic heterocycles. The van der Waals surface area contributed by atoms with Crippen molar-refractivity contribution in [3.8, 4) is 11.1 Å². The van der Waals surface area contributed by atoms with Gasteiger partial charge in [0.15, 0.2) is 0 Å². The maximum absolute atomic E-state index is 5.33. The van der Waals surface area contributed by atoms with Crippen LogP contribution in [0.4, 0.5) is 0 Å². The maximum Gasteiger partial charge on any atom is 0.201 e. The Labute approximate surface area is 248 Å². The van der Waals surface area contributed by atoms with Crippen LogP contribution in [-0.4, -0.2) is 10.3 Å². The zero-order valence-electron chi connectivity index (χ0n) is 22.9. The number of aromatic nitrogens is 1. The highest BCUT2D eigenvalue weighted by Gasteiger charge is 2.37. The molecule has 5 aromatic carbocycles. The van der Waals surface area contributed by atoms with Crippen molar-refractivity contribution in [3.05, 3.63) is 148 Å². The van der Waals surface area contributed by atoms with Crippen molar-refractivity contribution in [3.63, 3.8) is 0 Å². The molecule has 0 saturated heterocycles. The Balaban J connectivity index is 1.39. The van der Waals surface area contributed by atoms with Crippen molar-refractivity contribution < 1.29 is 0 Å². The van der Waals surface area contributed by atoms with Crippen molar-refractivity contribution in [2.24, 2.45) is 4.99 Å². The Kier molecular flexibility index (Phi) is 5.38. The summed E-state index contributed by atoms with van der Waals surface area (Å²) in [5, 5.41) is 6.30. The van der Waals surface area contributed by atoms with Crippen molar-refractivity contribution in [1.82, 2.24) is 9.88 Å². The average Bonchev–Trinajstić information content (AvgIpc) is 3.45. The van der Waals surface area contributed by atoms with E-state index in [9.17, 15) is 0 Å². The lowest BCUT2D eigenvalue weighted by atomic mass is 9.82. The molecule has 0 saturated carbocycles. The number of fused-ring (bicyclic) bond motifs is 6. The van der Waals surface area contributed by atoms with Crippen LogP contribution >= 0.6 is 15.9 Å². The van der Waals surface area contributed by atoms with Gasteiger partial charge in [0.1, 0.15) is 0 Å². The third-order valence-electron chi connectivity index (χ3n) is 8.69. The van der Waals surface area contributed by atoms with E-state index in [-0.39, 0.29) is 11.7 Å². The fraction of sp³-hybridized carbons (Fsp3) is 0.108. The number of benzene rings is 5. The molecule has 6 aromatic rings. The molecule has 1 aliphatic carbocycles. The predicted octanol–water partition coefficient (Wildman–Crippen LogP) is 9.45. The number of nitrogens with zero attached hydrogens (tertiary/aromatic N) is 2. The minimum Gasteiger partial charge on any atom is -0.346 e. The number of hydrogen-bond acceptors (Lipinski definition) is 2. The number of allylic oxidation sites excluding steroid dienone is 1. The first kappa shape index (κ1) is 24.4. The highest BCUT2D eigenvalue weighted by atomic mass is 79.9. The number of nitrogens with one attached hydrogen (secondary N) is 1. The van der Waals surface area contributed by atoms with Crippen LogP contribution in [0.5, 0.6) is 0 Å². The summed E-state index contributed by atoms with van der Waals surface area (Å²) in [4.78, 5) is 5.33. The van der Waals surface area contributed by atoms with Gasteiger partial charge in [0, 0.05) is 26.4 Å². The van der Waals surface area contributed by atoms with Crippen molar-refractivity contribution in [1.29, 1.82) is 0 Å². The largest absolute Gasteiger partial charge is 0.346 e. The smallest absolute Gasteiger partial charge is 0.201 e. The van der Waals surface area contributed by atoms with Crippen LogP contribution in [0.15, 0.2) is 131 Å².